The van der Waals surface area contributed by atoms with Crippen molar-refractivity contribution in [2.75, 3.05) is 5.32 Å². The quantitative estimate of drug-likeness (QED) is 0.891. The van der Waals surface area contributed by atoms with Crippen molar-refractivity contribution < 1.29 is 28.2 Å². The Hall–Kier alpha value is -2.18. The summed E-state index contributed by atoms with van der Waals surface area (Å²) in [5, 5.41) is 10.8. The number of halogens is 2. The molecule has 21 heavy (non-hydrogen) atoms. The molecular weight excluding hydrogens is 284 g/mol. The van der Waals surface area contributed by atoms with Crippen LogP contribution in [-0.4, -0.2) is 22.8 Å². The van der Waals surface area contributed by atoms with Gasteiger partial charge in [0.25, 0.3) is 5.92 Å². The molecule has 0 saturated heterocycles. The molecule has 116 valence electrons. The largest absolute Gasteiger partial charge is 0.481 e. The van der Waals surface area contributed by atoms with Gasteiger partial charge in [0.05, 0.1) is 0 Å². The molecule has 1 amide bonds. The Morgan fingerprint density at radius 3 is 2.43 bits per heavy atom. The highest BCUT2D eigenvalue weighted by atomic mass is 19.3. The molecule has 0 aromatic heterocycles. The molecular formula is C14H17F2NO4. The van der Waals surface area contributed by atoms with Gasteiger partial charge < -0.3 is 9.84 Å². The molecule has 0 aliphatic carbocycles. The standard InChI is InChI=1S/C14H17F2NO4/c1-13(2,3)21-12(20)17-10-6-4-5-9(7-10)14(15,16)8-11(18)19/h4-7H,8H2,1-3H3,(H,17,20)(H,18,19). The summed E-state index contributed by atoms with van der Waals surface area (Å²) >= 11 is 0. The fourth-order valence-electron chi connectivity index (χ4n) is 1.54. The zero-order valence-electron chi connectivity index (χ0n) is 11.9. The van der Waals surface area contributed by atoms with Crippen LogP contribution in [0.4, 0.5) is 19.3 Å². The zero-order valence-corrected chi connectivity index (χ0v) is 11.9. The molecule has 1 rings (SSSR count). The van der Waals surface area contributed by atoms with Crippen molar-refractivity contribution in [3.63, 3.8) is 0 Å². The first-order valence-electron chi connectivity index (χ1n) is 6.20. The average Bonchev–Trinajstić information content (AvgIpc) is 2.24. The van der Waals surface area contributed by atoms with Gasteiger partial charge in [0.1, 0.15) is 12.0 Å². The Morgan fingerprint density at radius 2 is 1.90 bits per heavy atom. The number of carboxylic acids is 1. The predicted octanol–water partition coefficient (Wildman–Crippen LogP) is 3.60. The van der Waals surface area contributed by atoms with Gasteiger partial charge in [0, 0.05) is 11.3 Å². The minimum Gasteiger partial charge on any atom is -0.481 e. The molecule has 0 saturated carbocycles. The first-order valence-corrected chi connectivity index (χ1v) is 6.20. The highest BCUT2D eigenvalue weighted by Crippen LogP contribution is 2.33. The van der Waals surface area contributed by atoms with Crippen molar-refractivity contribution in [2.24, 2.45) is 0 Å². The van der Waals surface area contributed by atoms with Crippen LogP contribution >= 0.6 is 0 Å². The van der Waals surface area contributed by atoms with Gasteiger partial charge in [-0.25, -0.2) is 13.6 Å². The second-order valence-corrected chi connectivity index (χ2v) is 5.48. The predicted molar refractivity (Wildman–Crippen MR) is 72.4 cm³/mol. The Morgan fingerprint density at radius 1 is 1.29 bits per heavy atom. The lowest BCUT2D eigenvalue weighted by Gasteiger charge is -2.20. The number of anilines is 1. The van der Waals surface area contributed by atoms with E-state index in [0.29, 0.717) is 0 Å². The maximum atomic E-state index is 13.7. The Labute approximate surface area is 120 Å². The maximum Gasteiger partial charge on any atom is 0.412 e. The number of benzene rings is 1. The minimum atomic E-state index is -3.52. The highest BCUT2D eigenvalue weighted by Gasteiger charge is 2.34. The maximum absolute atomic E-state index is 13.7. The summed E-state index contributed by atoms with van der Waals surface area (Å²) < 4.78 is 32.3. The summed E-state index contributed by atoms with van der Waals surface area (Å²) in [6, 6.07) is 4.83. The summed E-state index contributed by atoms with van der Waals surface area (Å²) in [7, 11) is 0. The summed E-state index contributed by atoms with van der Waals surface area (Å²) in [6.07, 6.45) is -2.09. The first-order chi connectivity index (χ1) is 9.49. The van der Waals surface area contributed by atoms with Crippen LogP contribution in [0.25, 0.3) is 0 Å². The fraction of sp³-hybridized carbons (Fsp3) is 0.429. The molecule has 1 aromatic rings. The van der Waals surface area contributed by atoms with Crippen LogP contribution in [0, 0.1) is 0 Å². The molecule has 0 atom stereocenters. The van der Waals surface area contributed by atoms with Crippen molar-refractivity contribution in [2.45, 2.75) is 38.7 Å². The number of aliphatic carboxylic acids is 1. The number of amides is 1. The van der Waals surface area contributed by atoms with Gasteiger partial charge in [-0.05, 0) is 32.9 Å². The lowest BCUT2D eigenvalue weighted by molar-refractivity contribution is -0.145. The van der Waals surface area contributed by atoms with E-state index in [1.165, 1.54) is 12.1 Å². The number of hydrogen-bond donors (Lipinski definition) is 2. The molecule has 2 N–H and O–H groups in total. The van der Waals surface area contributed by atoms with Gasteiger partial charge in [0.15, 0.2) is 0 Å². The van der Waals surface area contributed by atoms with E-state index in [4.69, 9.17) is 9.84 Å². The molecule has 0 spiro atoms. The molecule has 0 unspecified atom stereocenters. The van der Waals surface area contributed by atoms with Crippen molar-refractivity contribution in [1.82, 2.24) is 0 Å². The van der Waals surface area contributed by atoms with Crippen molar-refractivity contribution >= 4 is 17.7 Å². The van der Waals surface area contributed by atoms with Crippen LogP contribution in [0.5, 0.6) is 0 Å². The Kier molecular flexibility index (Phi) is 4.88. The zero-order chi connectivity index (χ0) is 16.3. The van der Waals surface area contributed by atoms with Gasteiger partial charge in [-0.1, -0.05) is 12.1 Å². The third kappa shape index (κ3) is 5.76. The van der Waals surface area contributed by atoms with E-state index in [1.54, 1.807) is 20.8 Å². The number of rotatable bonds is 4. The number of hydrogen-bond acceptors (Lipinski definition) is 3. The third-order valence-electron chi connectivity index (χ3n) is 2.30. The van der Waals surface area contributed by atoms with Gasteiger partial charge in [-0.15, -0.1) is 0 Å². The third-order valence-corrected chi connectivity index (χ3v) is 2.30. The Balaban J connectivity index is 2.86. The number of carbonyl (C=O) groups is 2. The van der Waals surface area contributed by atoms with Crippen LogP contribution < -0.4 is 5.32 Å². The molecule has 0 aliphatic rings. The molecule has 5 nitrogen and oxygen atoms in total. The van der Waals surface area contributed by atoms with Gasteiger partial charge in [-0.3, -0.25) is 10.1 Å². The van der Waals surface area contributed by atoms with Crippen molar-refractivity contribution in [3.05, 3.63) is 29.8 Å². The van der Waals surface area contributed by atoms with Crippen LogP contribution in [0.1, 0.15) is 32.8 Å². The fourth-order valence-corrected chi connectivity index (χ4v) is 1.54. The molecule has 0 bridgehead atoms. The van der Waals surface area contributed by atoms with Crippen LogP contribution in [0.2, 0.25) is 0 Å². The normalized spacial score (nSPS) is 11.9. The van der Waals surface area contributed by atoms with Crippen molar-refractivity contribution in [3.8, 4) is 0 Å². The van der Waals surface area contributed by atoms with E-state index in [-0.39, 0.29) is 5.69 Å². The van der Waals surface area contributed by atoms with E-state index >= 15 is 0 Å². The van der Waals surface area contributed by atoms with E-state index in [1.807, 2.05) is 0 Å². The van der Waals surface area contributed by atoms with Crippen LogP contribution in [-0.2, 0) is 15.5 Å². The Bertz CT molecular complexity index is 538. The number of nitrogens with one attached hydrogen (secondary N) is 1. The molecule has 1 aromatic carbocycles. The lowest BCUT2D eigenvalue weighted by atomic mass is 10.0. The van der Waals surface area contributed by atoms with Gasteiger partial charge in [-0.2, -0.15) is 0 Å². The average molecular weight is 301 g/mol. The SMILES string of the molecule is CC(C)(C)OC(=O)Nc1cccc(C(F)(F)CC(=O)O)c1. The number of carboxylic acid groups (broad SMARTS) is 1. The first kappa shape index (κ1) is 16.9. The van der Waals surface area contributed by atoms with Crippen LogP contribution in [0.15, 0.2) is 24.3 Å². The molecule has 0 radical (unpaired) electrons. The number of carbonyl (C=O) groups excluding carboxylic acids is 1. The minimum absolute atomic E-state index is 0.104. The van der Waals surface area contributed by atoms with Gasteiger partial charge in [0.2, 0.25) is 0 Å². The molecule has 0 heterocycles. The number of alkyl halides is 2. The lowest BCUT2D eigenvalue weighted by Crippen LogP contribution is -2.27. The van der Waals surface area contributed by atoms with Gasteiger partial charge >= 0.3 is 12.1 Å². The highest BCUT2D eigenvalue weighted by molar-refractivity contribution is 5.85. The topological polar surface area (TPSA) is 75.6 Å². The van der Waals surface area contributed by atoms with Crippen LogP contribution in [0.3, 0.4) is 0 Å². The van der Waals surface area contributed by atoms with E-state index in [0.717, 1.165) is 12.1 Å². The summed E-state index contributed by atoms with van der Waals surface area (Å²) in [5.41, 5.74) is -1.10. The molecule has 7 heteroatoms. The van der Waals surface area contributed by atoms with Crippen molar-refractivity contribution in [1.29, 1.82) is 0 Å². The molecule has 0 fully saturated rings. The van der Waals surface area contributed by atoms with E-state index in [2.05, 4.69) is 5.32 Å². The van der Waals surface area contributed by atoms with E-state index in [9.17, 15) is 18.4 Å². The smallest absolute Gasteiger partial charge is 0.412 e. The number of ether oxygens (including phenoxy) is 1. The summed E-state index contributed by atoms with van der Waals surface area (Å²) in [5.74, 6) is -5.12. The second-order valence-electron chi connectivity index (χ2n) is 5.48. The summed E-state index contributed by atoms with van der Waals surface area (Å²) in [4.78, 5) is 22.0. The van der Waals surface area contributed by atoms with E-state index < -0.39 is 35.6 Å². The molecule has 0 aliphatic heterocycles. The monoisotopic (exact) mass is 301 g/mol. The second kappa shape index (κ2) is 6.07. The summed E-state index contributed by atoms with van der Waals surface area (Å²) in [6.45, 7) is 5.01.